The van der Waals surface area contributed by atoms with Gasteiger partial charge in [-0.2, -0.15) is 0 Å². The van der Waals surface area contributed by atoms with Gasteiger partial charge in [0.2, 0.25) is 10.9 Å². The summed E-state index contributed by atoms with van der Waals surface area (Å²) in [6, 6.07) is 10.4. The van der Waals surface area contributed by atoms with Gasteiger partial charge in [-0.1, -0.05) is 59.0 Å². The summed E-state index contributed by atoms with van der Waals surface area (Å²) in [7, 11) is 0. The molecule has 0 saturated carbocycles. The molecule has 12 heteroatoms. The molecular weight excluding hydrogens is 544 g/mol. The molecule has 3 aromatic heterocycles. The number of nitrogens with zero attached hydrogens (tertiary/aromatic N) is 4. The molecular formula is C23H17ClN4O3S4. The number of hydrogen-bond donors (Lipinski definition) is 1. The Labute approximate surface area is 222 Å². The van der Waals surface area contributed by atoms with Crippen molar-refractivity contribution in [2.24, 2.45) is 0 Å². The van der Waals surface area contributed by atoms with E-state index in [1.54, 1.807) is 6.92 Å². The van der Waals surface area contributed by atoms with E-state index in [1.165, 1.54) is 50.7 Å². The van der Waals surface area contributed by atoms with Gasteiger partial charge in [0, 0.05) is 15.7 Å². The molecule has 35 heavy (non-hydrogen) atoms. The lowest BCUT2D eigenvalue weighted by Gasteiger charge is -2.22. The molecule has 1 N–H and O–H groups in total. The van der Waals surface area contributed by atoms with Gasteiger partial charge in [0.1, 0.15) is 6.04 Å². The number of halogens is 1. The number of thiazole rings is 1. The Morgan fingerprint density at radius 2 is 1.97 bits per heavy atom. The Kier molecular flexibility index (Phi) is 6.78. The van der Waals surface area contributed by atoms with Crippen LogP contribution < -0.4 is 4.90 Å². The number of aliphatic hydroxyl groups excluding tert-OH is 1. The van der Waals surface area contributed by atoms with Crippen LogP contribution in [0.2, 0.25) is 5.02 Å². The minimum atomic E-state index is -0.800. The molecule has 1 aliphatic heterocycles. The SMILES string of the molecule is Cc1nc(C)c(C(=O)C2=C(O)C(=O)N(c3nnc(SCc4ccccc4Cl)s3)C2c2cccs2)s1. The van der Waals surface area contributed by atoms with Crippen LogP contribution in [0.25, 0.3) is 0 Å². The van der Waals surface area contributed by atoms with Crippen molar-refractivity contribution < 1.29 is 14.7 Å². The zero-order chi connectivity index (χ0) is 24.7. The third-order valence-electron chi connectivity index (χ3n) is 5.29. The number of rotatable bonds is 7. The third kappa shape index (κ3) is 4.54. The normalized spacial score (nSPS) is 15.9. The Morgan fingerprint density at radius 3 is 2.66 bits per heavy atom. The number of benzene rings is 1. The first-order valence-electron chi connectivity index (χ1n) is 10.3. The van der Waals surface area contributed by atoms with E-state index < -0.39 is 23.5 Å². The molecule has 1 aromatic carbocycles. The standard InChI is InChI=1S/C23H17ClN4O3S4/c1-11-20(34-12(2)25-11)18(29)16-17(15-8-5-9-32-15)28(21(31)19(16)30)22-26-27-23(35-22)33-10-13-6-3-4-7-14(13)24/h3-9,17,30H,10H2,1-2H3. The van der Waals surface area contributed by atoms with Gasteiger partial charge in [-0.3, -0.25) is 14.5 Å². The molecule has 1 unspecified atom stereocenters. The van der Waals surface area contributed by atoms with Crippen molar-refractivity contribution in [1.29, 1.82) is 0 Å². The van der Waals surface area contributed by atoms with Crippen LogP contribution in [0.4, 0.5) is 5.13 Å². The van der Waals surface area contributed by atoms with Gasteiger partial charge in [-0.05, 0) is 36.9 Å². The number of aromatic nitrogens is 3. The van der Waals surface area contributed by atoms with Crippen LogP contribution >= 0.6 is 57.4 Å². The minimum Gasteiger partial charge on any atom is -0.503 e. The molecule has 0 bridgehead atoms. The number of amides is 1. The number of anilines is 1. The molecule has 0 aliphatic carbocycles. The highest BCUT2D eigenvalue weighted by molar-refractivity contribution is 8.00. The average molecular weight is 561 g/mol. The summed E-state index contributed by atoms with van der Waals surface area (Å²) in [5, 5.41) is 22.9. The largest absolute Gasteiger partial charge is 0.503 e. The summed E-state index contributed by atoms with van der Waals surface area (Å²) in [4.78, 5) is 33.6. The Morgan fingerprint density at radius 1 is 1.17 bits per heavy atom. The maximum Gasteiger partial charge on any atom is 0.296 e. The summed E-state index contributed by atoms with van der Waals surface area (Å²) in [5.74, 6) is -1.06. The van der Waals surface area contributed by atoms with E-state index in [9.17, 15) is 14.7 Å². The van der Waals surface area contributed by atoms with Crippen molar-refractivity contribution >= 4 is 74.2 Å². The molecule has 1 amide bonds. The van der Waals surface area contributed by atoms with Crippen LogP contribution in [0.5, 0.6) is 0 Å². The minimum absolute atomic E-state index is 0.0321. The molecule has 0 spiro atoms. The van der Waals surface area contributed by atoms with Gasteiger partial charge >= 0.3 is 0 Å². The van der Waals surface area contributed by atoms with Crippen molar-refractivity contribution in [3.63, 3.8) is 0 Å². The van der Waals surface area contributed by atoms with Crippen LogP contribution in [-0.2, 0) is 10.5 Å². The van der Waals surface area contributed by atoms with Gasteiger partial charge in [-0.25, -0.2) is 4.98 Å². The molecule has 4 aromatic rings. The number of hydrogen-bond acceptors (Lipinski definition) is 10. The Bertz CT molecular complexity index is 1460. The highest BCUT2D eigenvalue weighted by Gasteiger charge is 2.47. The zero-order valence-electron chi connectivity index (χ0n) is 18.4. The van der Waals surface area contributed by atoms with E-state index in [2.05, 4.69) is 15.2 Å². The van der Waals surface area contributed by atoms with Gasteiger partial charge in [0.25, 0.3) is 5.91 Å². The maximum absolute atomic E-state index is 13.5. The van der Waals surface area contributed by atoms with Crippen LogP contribution in [0.1, 0.15) is 36.9 Å². The third-order valence-corrected chi connectivity index (χ3v) is 9.76. The number of thiophene rings is 1. The second kappa shape index (κ2) is 9.82. The smallest absolute Gasteiger partial charge is 0.296 e. The molecule has 1 aliphatic rings. The maximum atomic E-state index is 13.5. The average Bonchev–Trinajstić information content (AvgIpc) is 3.61. The van der Waals surface area contributed by atoms with Gasteiger partial charge in [0.05, 0.1) is 21.2 Å². The van der Waals surface area contributed by atoms with Gasteiger partial charge < -0.3 is 5.11 Å². The lowest BCUT2D eigenvalue weighted by molar-refractivity contribution is -0.117. The first kappa shape index (κ1) is 24.1. The highest BCUT2D eigenvalue weighted by Crippen LogP contribution is 2.45. The van der Waals surface area contributed by atoms with Crippen molar-refractivity contribution in [2.75, 3.05) is 4.90 Å². The highest BCUT2D eigenvalue weighted by atomic mass is 35.5. The molecule has 7 nitrogen and oxygen atoms in total. The van der Waals surface area contributed by atoms with Crippen molar-refractivity contribution in [3.05, 3.63) is 84.2 Å². The fraction of sp³-hybridized carbons (Fsp3) is 0.174. The summed E-state index contributed by atoms with van der Waals surface area (Å²) in [5.41, 5.74) is 1.57. The first-order valence-corrected chi connectivity index (χ1v) is 14.2. The van der Waals surface area contributed by atoms with Crippen molar-refractivity contribution in [1.82, 2.24) is 15.2 Å². The summed E-state index contributed by atoms with van der Waals surface area (Å²) < 4.78 is 0.644. The number of carbonyl (C=O) groups excluding carboxylic acids is 2. The lowest BCUT2D eigenvalue weighted by atomic mass is 10.0. The van der Waals surface area contributed by atoms with E-state index in [0.29, 0.717) is 30.8 Å². The molecule has 0 fully saturated rings. The number of Topliss-reactive ketones (excluding diaryl/α,β-unsaturated/α-hetero) is 1. The second-order valence-electron chi connectivity index (χ2n) is 7.56. The zero-order valence-corrected chi connectivity index (χ0v) is 22.4. The summed E-state index contributed by atoms with van der Waals surface area (Å²) in [6.07, 6.45) is 0. The molecule has 0 radical (unpaired) electrons. The quantitative estimate of drug-likeness (QED) is 0.159. The molecule has 5 rings (SSSR count). The van der Waals surface area contributed by atoms with Crippen LogP contribution in [-0.4, -0.2) is 32.0 Å². The van der Waals surface area contributed by atoms with Crippen LogP contribution in [0.3, 0.4) is 0 Å². The summed E-state index contributed by atoms with van der Waals surface area (Å²) >= 11 is 11.6. The van der Waals surface area contributed by atoms with Crippen molar-refractivity contribution in [2.45, 2.75) is 30.0 Å². The number of ketones is 1. The Hall–Kier alpha value is -2.57. The van der Waals surface area contributed by atoms with Gasteiger partial charge in [-0.15, -0.1) is 32.9 Å². The molecule has 178 valence electrons. The predicted octanol–water partition coefficient (Wildman–Crippen LogP) is 6.40. The monoisotopic (exact) mass is 560 g/mol. The predicted molar refractivity (Wildman–Crippen MR) is 141 cm³/mol. The first-order chi connectivity index (χ1) is 16.8. The topological polar surface area (TPSA) is 96.3 Å². The molecule has 4 heterocycles. The number of thioether (sulfide) groups is 1. The lowest BCUT2D eigenvalue weighted by Crippen LogP contribution is -2.30. The van der Waals surface area contributed by atoms with Crippen molar-refractivity contribution in [3.8, 4) is 0 Å². The van der Waals surface area contributed by atoms with Crippen LogP contribution in [0, 0.1) is 13.8 Å². The molecule has 1 atom stereocenters. The van der Waals surface area contributed by atoms with Crippen LogP contribution in [0.15, 0.2) is 57.5 Å². The fourth-order valence-electron chi connectivity index (χ4n) is 3.73. The van der Waals surface area contributed by atoms with E-state index in [0.717, 1.165) is 15.4 Å². The second-order valence-corrected chi connectivity index (χ2v) is 12.3. The van der Waals surface area contributed by atoms with E-state index >= 15 is 0 Å². The fourth-order valence-corrected chi connectivity index (χ4v) is 7.58. The van der Waals surface area contributed by atoms with E-state index in [4.69, 9.17) is 11.6 Å². The molecule has 0 saturated heterocycles. The Balaban J connectivity index is 1.48. The number of aliphatic hydroxyl groups is 1. The van der Waals surface area contributed by atoms with E-state index in [-0.39, 0.29) is 5.57 Å². The summed E-state index contributed by atoms with van der Waals surface area (Å²) in [6.45, 7) is 3.56. The number of carbonyl (C=O) groups is 2. The van der Waals surface area contributed by atoms with Gasteiger partial charge in [0.15, 0.2) is 10.1 Å². The van der Waals surface area contributed by atoms with E-state index in [1.807, 2.05) is 48.7 Å². The number of aryl methyl sites for hydroxylation is 2.